The largest absolute Gasteiger partial charge is 0.338 e. The summed E-state index contributed by atoms with van der Waals surface area (Å²) in [5.74, 6) is -1.03. The van der Waals surface area contributed by atoms with Gasteiger partial charge >= 0.3 is 0 Å². The predicted molar refractivity (Wildman–Crippen MR) is 119 cm³/mol. The molecule has 1 saturated heterocycles. The Labute approximate surface area is 183 Å². The van der Waals surface area contributed by atoms with E-state index < -0.39 is 6.04 Å². The topological polar surface area (TPSA) is 60.9 Å². The van der Waals surface area contributed by atoms with Gasteiger partial charge in [-0.15, -0.1) is 0 Å². The lowest BCUT2D eigenvalue weighted by molar-refractivity contribution is -0.138. The van der Waals surface area contributed by atoms with Crippen LogP contribution in [0.1, 0.15) is 40.1 Å². The second-order valence-corrected chi connectivity index (χ2v) is 8.62. The molecule has 3 amide bonds. The molecular weight excluding hydrogens is 390 g/mol. The summed E-state index contributed by atoms with van der Waals surface area (Å²) >= 11 is 0. The van der Waals surface area contributed by atoms with Crippen LogP contribution in [0.25, 0.3) is 0 Å². The maximum absolute atomic E-state index is 13.4. The van der Waals surface area contributed by atoms with E-state index >= 15 is 0 Å². The molecule has 0 N–H and O–H groups in total. The van der Waals surface area contributed by atoms with Crippen LogP contribution >= 0.6 is 0 Å². The number of imide groups is 1. The van der Waals surface area contributed by atoms with Crippen LogP contribution in [0.4, 0.5) is 0 Å². The molecule has 2 aliphatic heterocycles. The fraction of sp³-hybridized carbons (Fsp3) is 0.400. The third-order valence-corrected chi connectivity index (χ3v) is 6.23. The van der Waals surface area contributed by atoms with Crippen LogP contribution < -0.4 is 0 Å². The van der Waals surface area contributed by atoms with Crippen LogP contribution in [0.3, 0.4) is 0 Å². The minimum Gasteiger partial charge on any atom is -0.338 e. The van der Waals surface area contributed by atoms with Crippen molar-refractivity contribution in [3.8, 4) is 0 Å². The van der Waals surface area contributed by atoms with Crippen LogP contribution in [0, 0.1) is 5.92 Å². The molecule has 0 radical (unpaired) electrons. The molecule has 6 nitrogen and oxygen atoms in total. The van der Waals surface area contributed by atoms with Crippen molar-refractivity contribution in [1.82, 2.24) is 14.7 Å². The SMILES string of the molecule is CC(C)[C@@H](C(=O)N1CCN(CCc2ccccc2)CC1)N1C(=O)c2ccccc2C1=O. The first-order valence-corrected chi connectivity index (χ1v) is 11.0. The van der Waals surface area contributed by atoms with Gasteiger partial charge in [-0.25, -0.2) is 0 Å². The van der Waals surface area contributed by atoms with Crippen LogP contribution in [0.2, 0.25) is 0 Å². The van der Waals surface area contributed by atoms with Gasteiger partial charge in [-0.2, -0.15) is 0 Å². The van der Waals surface area contributed by atoms with Gasteiger partial charge < -0.3 is 4.90 Å². The van der Waals surface area contributed by atoms with Crippen LogP contribution in [0.15, 0.2) is 54.6 Å². The smallest absolute Gasteiger partial charge is 0.262 e. The zero-order valence-electron chi connectivity index (χ0n) is 18.2. The summed E-state index contributed by atoms with van der Waals surface area (Å²) in [6.45, 7) is 7.56. The molecule has 0 unspecified atom stereocenters. The van der Waals surface area contributed by atoms with E-state index in [0.29, 0.717) is 24.2 Å². The molecule has 4 rings (SSSR count). The van der Waals surface area contributed by atoms with E-state index in [4.69, 9.17) is 0 Å². The molecule has 1 atom stereocenters. The Hall–Kier alpha value is -2.99. The third-order valence-electron chi connectivity index (χ3n) is 6.23. The first kappa shape index (κ1) is 21.2. The normalized spacial score (nSPS) is 17.9. The van der Waals surface area contributed by atoms with Crippen molar-refractivity contribution < 1.29 is 14.4 Å². The number of piperazine rings is 1. The van der Waals surface area contributed by atoms with Crippen LogP contribution in [0.5, 0.6) is 0 Å². The van der Waals surface area contributed by atoms with Crippen LogP contribution in [-0.2, 0) is 11.2 Å². The summed E-state index contributed by atoms with van der Waals surface area (Å²) in [6, 6.07) is 16.4. The number of carbonyl (C=O) groups excluding carboxylic acids is 3. The van der Waals surface area contributed by atoms with E-state index in [1.807, 2.05) is 24.8 Å². The van der Waals surface area contributed by atoms with Crippen molar-refractivity contribution in [3.05, 3.63) is 71.3 Å². The second-order valence-electron chi connectivity index (χ2n) is 8.62. The van der Waals surface area contributed by atoms with E-state index in [9.17, 15) is 14.4 Å². The Morgan fingerprint density at radius 3 is 1.94 bits per heavy atom. The molecule has 2 heterocycles. The second kappa shape index (κ2) is 9.02. The number of benzene rings is 2. The highest BCUT2D eigenvalue weighted by Gasteiger charge is 2.45. The third kappa shape index (κ3) is 4.26. The van der Waals surface area contributed by atoms with E-state index in [-0.39, 0.29) is 23.6 Å². The van der Waals surface area contributed by atoms with Crippen LogP contribution in [-0.4, -0.2) is 71.2 Å². The van der Waals surface area contributed by atoms with Gasteiger partial charge in [0.15, 0.2) is 0 Å². The molecule has 2 aliphatic rings. The first-order chi connectivity index (χ1) is 15.0. The van der Waals surface area contributed by atoms with Gasteiger partial charge in [0.2, 0.25) is 5.91 Å². The quantitative estimate of drug-likeness (QED) is 0.676. The number of rotatable bonds is 6. The summed E-state index contributed by atoms with van der Waals surface area (Å²) in [5, 5.41) is 0. The van der Waals surface area contributed by atoms with Crippen molar-refractivity contribution in [3.63, 3.8) is 0 Å². The van der Waals surface area contributed by atoms with Gasteiger partial charge in [0, 0.05) is 32.7 Å². The molecule has 2 aromatic rings. The summed E-state index contributed by atoms with van der Waals surface area (Å²) in [7, 11) is 0. The molecule has 2 aromatic carbocycles. The number of amides is 3. The maximum Gasteiger partial charge on any atom is 0.262 e. The summed E-state index contributed by atoms with van der Waals surface area (Å²) in [4.78, 5) is 44.6. The molecule has 1 fully saturated rings. The van der Waals surface area contributed by atoms with E-state index in [1.165, 1.54) is 10.5 Å². The van der Waals surface area contributed by atoms with Crippen molar-refractivity contribution >= 4 is 17.7 Å². The molecule has 0 saturated carbocycles. The number of carbonyl (C=O) groups is 3. The zero-order chi connectivity index (χ0) is 22.0. The summed E-state index contributed by atoms with van der Waals surface area (Å²) in [5.41, 5.74) is 2.08. The molecule has 0 bridgehead atoms. The highest BCUT2D eigenvalue weighted by molar-refractivity contribution is 6.22. The summed E-state index contributed by atoms with van der Waals surface area (Å²) < 4.78 is 0. The zero-order valence-corrected chi connectivity index (χ0v) is 18.2. The monoisotopic (exact) mass is 419 g/mol. The Morgan fingerprint density at radius 2 is 1.39 bits per heavy atom. The Kier molecular flexibility index (Phi) is 6.18. The molecular formula is C25H29N3O3. The van der Waals surface area contributed by atoms with Gasteiger partial charge in [-0.3, -0.25) is 24.2 Å². The van der Waals surface area contributed by atoms with E-state index in [1.54, 1.807) is 24.3 Å². The fourth-order valence-corrected chi connectivity index (χ4v) is 4.47. The number of hydrogen-bond donors (Lipinski definition) is 0. The molecule has 162 valence electrons. The molecule has 0 spiro atoms. The lowest BCUT2D eigenvalue weighted by Crippen LogP contribution is -2.57. The molecule has 31 heavy (non-hydrogen) atoms. The van der Waals surface area contributed by atoms with Gasteiger partial charge in [-0.05, 0) is 30.0 Å². The minimum absolute atomic E-state index is 0.132. The highest BCUT2D eigenvalue weighted by atomic mass is 16.2. The van der Waals surface area contributed by atoms with Gasteiger partial charge in [-0.1, -0.05) is 56.3 Å². The Morgan fingerprint density at radius 1 is 0.839 bits per heavy atom. The maximum atomic E-state index is 13.4. The van der Waals surface area contributed by atoms with Crippen molar-refractivity contribution in [1.29, 1.82) is 0 Å². The lowest BCUT2D eigenvalue weighted by Gasteiger charge is -2.38. The number of nitrogens with zero attached hydrogens (tertiary/aromatic N) is 3. The first-order valence-electron chi connectivity index (χ1n) is 11.0. The molecule has 6 heteroatoms. The lowest BCUT2D eigenvalue weighted by atomic mass is 10.0. The number of hydrogen-bond acceptors (Lipinski definition) is 4. The van der Waals surface area contributed by atoms with E-state index in [0.717, 1.165) is 26.1 Å². The molecule has 0 aromatic heterocycles. The summed E-state index contributed by atoms with van der Waals surface area (Å²) in [6.07, 6.45) is 0.985. The Balaban J connectivity index is 1.40. The average molecular weight is 420 g/mol. The fourth-order valence-electron chi connectivity index (χ4n) is 4.47. The molecule has 0 aliphatic carbocycles. The number of fused-ring (bicyclic) bond motifs is 1. The van der Waals surface area contributed by atoms with Gasteiger partial charge in [0.25, 0.3) is 11.8 Å². The van der Waals surface area contributed by atoms with Crippen molar-refractivity contribution in [2.45, 2.75) is 26.3 Å². The van der Waals surface area contributed by atoms with Crippen molar-refractivity contribution in [2.75, 3.05) is 32.7 Å². The Bertz CT molecular complexity index is 930. The van der Waals surface area contributed by atoms with Crippen molar-refractivity contribution in [2.24, 2.45) is 5.92 Å². The minimum atomic E-state index is -0.775. The average Bonchev–Trinajstić information content (AvgIpc) is 3.04. The highest BCUT2D eigenvalue weighted by Crippen LogP contribution is 2.28. The van der Waals surface area contributed by atoms with Gasteiger partial charge in [0.1, 0.15) is 6.04 Å². The standard InChI is InChI=1S/C25H29N3O3/c1-18(2)22(28-23(29)20-10-6-7-11-21(20)24(28)30)25(31)27-16-14-26(15-17-27)13-12-19-8-4-3-5-9-19/h3-11,18,22H,12-17H2,1-2H3/t22-/m0/s1. The van der Waals surface area contributed by atoms with Gasteiger partial charge in [0.05, 0.1) is 11.1 Å². The predicted octanol–water partition coefficient (Wildman–Crippen LogP) is 2.69. The van der Waals surface area contributed by atoms with E-state index in [2.05, 4.69) is 29.2 Å².